The van der Waals surface area contributed by atoms with E-state index in [9.17, 15) is 13.2 Å². The number of nitrogens with two attached hydrogens (primary N) is 1. The molecule has 0 aliphatic carbocycles. The van der Waals surface area contributed by atoms with Crippen LogP contribution in [-0.4, -0.2) is 34.0 Å². The van der Waals surface area contributed by atoms with Crippen molar-refractivity contribution < 1.29 is 13.2 Å². The number of sulfonamides is 1. The van der Waals surface area contributed by atoms with E-state index in [1.54, 1.807) is 6.07 Å². The van der Waals surface area contributed by atoms with Crippen LogP contribution in [0.2, 0.25) is 0 Å². The third-order valence-corrected chi connectivity index (χ3v) is 3.91. The van der Waals surface area contributed by atoms with Gasteiger partial charge < -0.3 is 11.1 Å². The molecular formula is C13H19N3O3S. The van der Waals surface area contributed by atoms with Crippen LogP contribution in [-0.2, 0) is 10.0 Å². The van der Waals surface area contributed by atoms with E-state index in [4.69, 9.17) is 5.73 Å². The highest BCUT2D eigenvalue weighted by atomic mass is 32.2. The van der Waals surface area contributed by atoms with Crippen molar-refractivity contribution >= 4 is 15.9 Å². The van der Waals surface area contributed by atoms with Gasteiger partial charge in [-0.3, -0.25) is 4.79 Å². The molecular weight excluding hydrogens is 278 g/mol. The van der Waals surface area contributed by atoms with Crippen LogP contribution in [0.3, 0.4) is 0 Å². The smallest absolute Gasteiger partial charge is 0.251 e. The van der Waals surface area contributed by atoms with Gasteiger partial charge in [0, 0.05) is 18.7 Å². The first-order valence-electron chi connectivity index (χ1n) is 6.20. The van der Waals surface area contributed by atoms with Crippen LogP contribution in [0.15, 0.2) is 41.8 Å². The third-order valence-electron chi connectivity index (χ3n) is 2.49. The molecule has 0 saturated heterocycles. The summed E-state index contributed by atoms with van der Waals surface area (Å²) in [5, 5.41) is 2.67. The van der Waals surface area contributed by atoms with Crippen molar-refractivity contribution in [3.63, 3.8) is 0 Å². The van der Waals surface area contributed by atoms with E-state index in [0.717, 1.165) is 0 Å². The number of nitrogens with one attached hydrogen (secondary N) is 2. The number of rotatable bonds is 8. The average Bonchev–Trinajstić information content (AvgIpc) is 2.45. The second-order valence-corrected chi connectivity index (χ2v) is 5.83. The number of hydrogen-bond donors (Lipinski definition) is 3. The molecule has 0 unspecified atom stereocenters. The Hall–Kier alpha value is -1.70. The molecule has 4 N–H and O–H groups in total. The molecule has 0 fully saturated rings. The van der Waals surface area contributed by atoms with Crippen LogP contribution in [0.4, 0.5) is 0 Å². The zero-order valence-electron chi connectivity index (χ0n) is 11.1. The largest absolute Gasteiger partial charge is 0.352 e. The quantitative estimate of drug-likeness (QED) is 0.472. The molecule has 0 aliphatic rings. The Morgan fingerprint density at radius 2 is 2.15 bits per heavy atom. The molecule has 0 heterocycles. The summed E-state index contributed by atoms with van der Waals surface area (Å²) in [6.45, 7) is 4.52. The molecule has 0 spiro atoms. The van der Waals surface area contributed by atoms with Gasteiger partial charge >= 0.3 is 0 Å². The van der Waals surface area contributed by atoms with E-state index >= 15 is 0 Å². The molecule has 0 bridgehead atoms. The Bertz CT molecular complexity index is 570. The summed E-state index contributed by atoms with van der Waals surface area (Å²) >= 11 is 0. The van der Waals surface area contributed by atoms with E-state index < -0.39 is 10.0 Å². The molecule has 0 aliphatic heterocycles. The molecule has 0 saturated carbocycles. The fraction of sp³-hybridized carbons (Fsp3) is 0.308. The highest BCUT2D eigenvalue weighted by Gasteiger charge is 2.15. The first kappa shape index (κ1) is 16.4. The number of hydrogen-bond acceptors (Lipinski definition) is 4. The Labute approximate surface area is 119 Å². The number of carbonyl (C=O) groups excluding carboxylic acids is 1. The van der Waals surface area contributed by atoms with Crippen LogP contribution >= 0.6 is 0 Å². The molecule has 1 aromatic carbocycles. The number of benzene rings is 1. The topological polar surface area (TPSA) is 101 Å². The Morgan fingerprint density at radius 3 is 2.80 bits per heavy atom. The number of carbonyl (C=O) groups is 1. The monoisotopic (exact) mass is 297 g/mol. The minimum Gasteiger partial charge on any atom is -0.352 e. The molecule has 0 atom stereocenters. The second kappa shape index (κ2) is 7.78. The van der Waals surface area contributed by atoms with Crippen LogP contribution in [0.5, 0.6) is 0 Å². The molecule has 20 heavy (non-hydrogen) atoms. The number of amides is 1. The third kappa shape index (κ3) is 4.76. The summed E-state index contributed by atoms with van der Waals surface area (Å²) in [6.07, 6.45) is 2.12. The van der Waals surface area contributed by atoms with Crippen molar-refractivity contribution in [1.82, 2.24) is 10.0 Å². The van der Waals surface area contributed by atoms with Crippen LogP contribution < -0.4 is 15.8 Å². The van der Waals surface area contributed by atoms with Gasteiger partial charge in [-0.05, 0) is 31.2 Å². The van der Waals surface area contributed by atoms with Crippen molar-refractivity contribution in [2.75, 3.05) is 19.6 Å². The predicted octanol–water partition coefficient (Wildman–Crippen LogP) is 0.230. The van der Waals surface area contributed by atoms with Gasteiger partial charge in [0.05, 0.1) is 4.90 Å². The lowest BCUT2D eigenvalue weighted by molar-refractivity contribution is 0.0953. The molecule has 110 valence electrons. The highest BCUT2D eigenvalue weighted by Crippen LogP contribution is 2.11. The Kier molecular flexibility index (Phi) is 6.37. The second-order valence-electron chi connectivity index (χ2n) is 4.07. The van der Waals surface area contributed by atoms with E-state index in [-0.39, 0.29) is 17.3 Å². The van der Waals surface area contributed by atoms with Gasteiger partial charge in [0.2, 0.25) is 10.0 Å². The van der Waals surface area contributed by atoms with Gasteiger partial charge in [0.1, 0.15) is 0 Å². The van der Waals surface area contributed by atoms with E-state index in [1.165, 1.54) is 24.3 Å². The van der Waals surface area contributed by atoms with Crippen molar-refractivity contribution in [3.8, 4) is 0 Å². The standard InChI is InChI=1S/C13H19N3O3S/c1-2-8-16-20(18,19)12-6-3-5-11(10-12)13(17)15-9-4-7-14/h2-3,5-6,10,16H,1,4,7-9,14H2,(H,15,17). The molecule has 6 nitrogen and oxygen atoms in total. The van der Waals surface area contributed by atoms with E-state index in [1.807, 2.05) is 0 Å². The molecule has 1 rings (SSSR count). The van der Waals surface area contributed by atoms with Crippen LogP contribution in [0, 0.1) is 0 Å². The zero-order valence-corrected chi connectivity index (χ0v) is 11.9. The molecule has 0 radical (unpaired) electrons. The van der Waals surface area contributed by atoms with Gasteiger partial charge in [-0.1, -0.05) is 12.1 Å². The van der Waals surface area contributed by atoms with Crippen molar-refractivity contribution in [2.24, 2.45) is 5.73 Å². The lowest BCUT2D eigenvalue weighted by atomic mass is 10.2. The highest BCUT2D eigenvalue weighted by molar-refractivity contribution is 7.89. The summed E-state index contributed by atoms with van der Waals surface area (Å²) < 4.78 is 26.2. The summed E-state index contributed by atoms with van der Waals surface area (Å²) in [7, 11) is -3.62. The van der Waals surface area contributed by atoms with Gasteiger partial charge in [-0.25, -0.2) is 13.1 Å². The van der Waals surface area contributed by atoms with Gasteiger partial charge in [-0.15, -0.1) is 6.58 Å². The summed E-state index contributed by atoms with van der Waals surface area (Å²) in [6, 6.07) is 5.86. The van der Waals surface area contributed by atoms with Gasteiger partial charge in [0.15, 0.2) is 0 Å². The maximum Gasteiger partial charge on any atom is 0.251 e. The summed E-state index contributed by atoms with van der Waals surface area (Å²) in [5.74, 6) is -0.320. The predicted molar refractivity (Wildman–Crippen MR) is 77.8 cm³/mol. The van der Waals surface area contributed by atoms with Crippen molar-refractivity contribution in [3.05, 3.63) is 42.5 Å². The lowest BCUT2D eigenvalue weighted by Crippen LogP contribution is -2.27. The lowest BCUT2D eigenvalue weighted by Gasteiger charge is -2.07. The molecule has 0 aromatic heterocycles. The first-order valence-corrected chi connectivity index (χ1v) is 7.68. The van der Waals surface area contributed by atoms with Crippen LogP contribution in [0.25, 0.3) is 0 Å². The maximum atomic E-state index is 11.9. The summed E-state index contributed by atoms with van der Waals surface area (Å²) in [4.78, 5) is 11.9. The van der Waals surface area contributed by atoms with E-state index in [0.29, 0.717) is 25.1 Å². The van der Waals surface area contributed by atoms with Crippen molar-refractivity contribution in [2.45, 2.75) is 11.3 Å². The Morgan fingerprint density at radius 1 is 1.40 bits per heavy atom. The minimum absolute atomic E-state index is 0.0471. The Balaban J connectivity index is 2.85. The first-order chi connectivity index (χ1) is 9.51. The van der Waals surface area contributed by atoms with Gasteiger partial charge in [-0.2, -0.15) is 0 Å². The van der Waals surface area contributed by atoms with Gasteiger partial charge in [0.25, 0.3) is 5.91 Å². The van der Waals surface area contributed by atoms with Crippen LogP contribution in [0.1, 0.15) is 16.8 Å². The SMILES string of the molecule is C=CCNS(=O)(=O)c1cccc(C(=O)NCCCN)c1. The molecule has 1 amide bonds. The molecule has 1 aromatic rings. The maximum absolute atomic E-state index is 11.9. The zero-order chi connectivity index (χ0) is 15.0. The molecule has 7 heteroatoms. The normalized spacial score (nSPS) is 11.1. The van der Waals surface area contributed by atoms with E-state index in [2.05, 4.69) is 16.6 Å². The minimum atomic E-state index is -3.62. The summed E-state index contributed by atoms with van der Waals surface area (Å²) in [5.41, 5.74) is 5.63. The fourth-order valence-corrected chi connectivity index (χ4v) is 2.51. The average molecular weight is 297 g/mol. The van der Waals surface area contributed by atoms with Crippen molar-refractivity contribution in [1.29, 1.82) is 0 Å². The fourth-order valence-electron chi connectivity index (χ4n) is 1.46.